The third kappa shape index (κ3) is 5.17. The Labute approximate surface area is 224 Å². The van der Waals surface area contributed by atoms with Crippen LogP contribution in [0.5, 0.6) is 0 Å². The average molecular weight is 573 g/mol. The lowest BCUT2D eigenvalue weighted by Gasteiger charge is -2.33. The Morgan fingerprint density at radius 3 is 2.66 bits per heavy atom. The van der Waals surface area contributed by atoms with Gasteiger partial charge in [0.05, 0.1) is 27.7 Å². The predicted octanol–water partition coefficient (Wildman–Crippen LogP) is 5.79. The van der Waals surface area contributed by atoms with E-state index in [1.54, 1.807) is 0 Å². The van der Waals surface area contributed by atoms with Crippen LogP contribution in [-0.2, 0) is 32.6 Å². The number of hydrogen-bond acceptors (Lipinski definition) is 5. The molecule has 1 N–H and O–H groups in total. The number of halogens is 6. The van der Waals surface area contributed by atoms with Gasteiger partial charge in [0.2, 0.25) is 5.91 Å². The number of carbonyl (C=O) groups is 2. The fourth-order valence-corrected chi connectivity index (χ4v) is 5.18. The molecule has 3 aromatic rings. The van der Waals surface area contributed by atoms with E-state index in [1.807, 2.05) is 0 Å². The molecule has 0 saturated carbocycles. The molecule has 1 aliphatic heterocycles. The fraction of sp³-hybridized carbons (Fsp3) is 0.320. The number of rotatable bonds is 7. The second kappa shape index (κ2) is 10.5. The molecule has 4 rings (SSSR count). The van der Waals surface area contributed by atoms with Gasteiger partial charge in [-0.25, -0.2) is 9.07 Å². The van der Waals surface area contributed by atoms with Gasteiger partial charge in [-0.1, -0.05) is 29.8 Å². The van der Waals surface area contributed by atoms with Crippen molar-refractivity contribution in [3.05, 3.63) is 70.1 Å². The predicted molar refractivity (Wildman–Crippen MR) is 134 cm³/mol. The maximum atomic E-state index is 15.2. The van der Waals surface area contributed by atoms with Crippen LogP contribution in [0.25, 0.3) is 10.9 Å². The molecule has 2 heterocycles. The Hall–Kier alpha value is -3.31. The molecule has 1 amide bonds. The van der Waals surface area contributed by atoms with Crippen LogP contribution in [0.15, 0.2) is 43.0 Å². The first-order chi connectivity index (χ1) is 17.9. The number of hydrogen-bond donors (Lipinski definition) is 1. The highest BCUT2D eigenvalue weighted by Crippen LogP contribution is 2.44. The van der Waals surface area contributed by atoms with Crippen LogP contribution in [0.4, 0.5) is 23.2 Å². The normalized spacial score (nSPS) is 17.6. The smallest absolute Gasteiger partial charge is 0.433 e. The van der Waals surface area contributed by atoms with Gasteiger partial charge in [-0.15, -0.1) is 0 Å². The molecule has 2 aromatic carbocycles. The molecule has 1 aliphatic rings. The third-order valence-corrected chi connectivity index (χ3v) is 7.06. The summed E-state index contributed by atoms with van der Waals surface area (Å²) in [7, 11) is 0. The van der Waals surface area contributed by atoms with Crippen molar-refractivity contribution in [3.8, 4) is 0 Å². The summed E-state index contributed by atoms with van der Waals surface area (Å²) >= 11 is 12.6. The number of ether oxygens (including phenoxy) is 1. The number of fused-ring (bicyclic) bond motifs is 1. The summed E-state index contributed by atoms with van der Waals surface area (Å²) in [5, 5.41) is 6.99. The minimum absolute atomic E-state index is 0.00508. The van der Waals surface area contributed by atoms with E-state index in [4.69, 9.17) is 27.9 Å². The molecule has 1 unspecified atom stereocenters. The average Bonchev–Trinajstić information content (AvgIpc) is 3.42. The lowest BCUT2D eigenvalue weighted by Crippen LogP contribution is -2.41. The van der Waals surface area contributed by atoms with Crippen LogP contribution < -0.4 is 5.32 Å². The molecule has 0 radical (unpaired) electrons. The highest BCUT2D eigenvalue weighted by Gasteiger charge is 2.45. The van der Waals surface area contributed by atoms with Gasteiger partial charge in [0.15, 0.2) is 5.69 Å². The van der Waals surface area contributed by atoms with E-state index in [2.05, 4.69) is 17.0 Å². The van der Waals surface area contributed by atoms with Crippen molar-refractivity contribution in [3.63, 3.8) is 0 Å². The van der Waals surface area contributed by atoms with Gasteiger partial charge in [-0.3, -0.25) is 9.59 Å². The van der Waals surface area contributed by atoms with E-state index in [1.165, 1.54) is 36.1 Å². The quantitative estimate of drug-likeness (QED) is 0.168. The zero-order valence-corrected chi connectivity index (χ0v) is 21.6. The minimum atomic E-state index is -4.80. The topological polar surface area (TPSA) is 76.5 Å². The van der Waals surface area contributed by atoms with Crippen molar-refractivity contribution < 1.29 is 31.9 Å². The van der Waals surface area contributed by atoms with Crippen molar-refractivity contribution >= 4 is 51.7 Å². The van der Waals surface area contributed by atoms with Crippen LogP contribution in [0.3, 0.4) is 0 Å². The highest BCUT2D eigenvalue weighted by atomic mass is 35.5. The van der Waals surface area contributed by atoms with Crippen molar-refractivity contribution in [2.24, 2.45) is 0 Å². The zero-order valence-electron chi connectivity index (χ0n) is 20.0. The number of anilines is 1. The highest BCUT2D eigenvalue weighted by molar-refractivity contribution is 6.42. The Balaban J connectivity index is 1.81. The SMILES string of the molecule is C=CC(=O)N1CCC(Nc2ccc3c(C(F)(F)F)n(CC(=O)OCC)nc3c2)(c2c(F)ccc(Cl)c2Cl)C1. The second-order valence-electron chi connectivity index (χ2n) is 8.68. The van der Waals surface area contributed by atoms with Crippen LogP contribution in [-0.4, -0.2) is 46.3 Å². The van der Waals surface area contributed by atoms with Crippen molar-refractivity contribution in [1.29, 1.82) is 0 Å². The third-order valence-electron chi connectivity index (χ3n) is 6.25. The standard InChI is InChI=1S/C25H22Cl2F4N4O3/c1-3-19(36)34-10-9-24(13-34,21-17(28)8-7-16(26)22(21)27)32-14-5-6-15-18(11-14)33-35(12-20(37)38-4-2)23(15)25(29,30)31/h3,5-8,11,32H,1,4,9-10,12-13H2,2H3. The van der Waals surface area contributed by atoms with Crippen LogP contribution in [0.2, 0.25) is 10.0 Å². The number of amides is 1. The van der Waals surface area contributed by atoms with Gasteiger partial charge in [-0.05, 0) is 49.8 Å². The second-order valence-corrected chi connectivity index (χ2v) is 9.47. The van der Waals surface area contributed by atoms with E-state index in [0.717, 1.165) is 12.1 Å². The number of aromatic nitrogens is 2. The van der Waals surface area contributed by atoms with Gasteiger partial charge < -0.3 is 15.0 Å². The van der Waals surface area contributed by atoms with E-state index < -0.39 is 35.7 Å². The maximum Gasteiger partial charge on any atom is 0.433 e. The van der Waals surface area contributed by atoms with Crippen molar-refractivity contribution in [2.75, 3.05) is 25.0 Å². The lowest BCUT2D eigenvalue weighted by atomic mass is 9.87. The number of nitrogens with one attached hydrogen (secondary N) is 1. The molecule has 13 heteroatoms. The number of benzene rings is 2. The molecule has 38 heavy (non-hydrogen) atoms. The Morgan fingerprint density at radius 1 is 1.26 bits per heavy atom. The molecule has 0 spiro atoms. The zero-order chi connectivity index (χ0) is 27.8. The number of esters is 1. The van der Waals surface area contributed by atoms with Gasteiger partial charge in [0.1, 0.15) is 12.4 Å². The molecule has 1 atom stereocenters. The molecular formula is C25H22Cl2F4N4O3. The van der Waals surface area contributed by atoms with Crippen molar-refractivity contribution in [2.45, 2.75) is 31.6 Å². The van der Waals surface area contributed by atoms with Gasteiger partial charge in [0.25, 0.3) is 0 Å². The van der Waals surface area contributed by atoms with Gasteiger partial charge in [-0.2, -0.15) is 18.3 Å². The number of likely N-dealkylation sites (tertiary alicyclic amines) is 1. The van der Waals surface area contributed by atoms with E-state index >= 15 is 4.39 Å². The first-order valence-electron chi connectivity index (χ1n) is 11.5. The summed E-state index contributed by atoms with van der Waals surface area (Å²) < 4.78 is 62.2. The molecule has 1 saturated heterocycles. The Kier molecular flexibility index (Phi) is 7.62. The van der Waals surface area contributed by atoms with Crippen LogP contribution in [0, 0.1) is 5.82 Å². The molecule has 1 aromatic heterocycles. The molecule has 7 nitrogen and oxygen atoms in total. The molecule has 202 valence electrons. The maximum absolute atomic E-state index is 15.2. The summed E-state index contributed by atoms with van der Waals surface area (Å²) in [5.74, 6) is -1.92. The lowest BCUT2D eigenvalue weighted by molar-refractivity contribution is -0.148. The van der Waals surface area contributed by atoms with E-state index in [-0.39, 0.29) is 64.2 Å². The summed E-state index contributed by atoms with van der Waals surface area (Å²) in [4.78, 5) is 25.7. The Morgan fingerprint density at radius 2 is 2.00 bits per heavy atom. The first-order valence-corrected chi connectivity index (χ1v) is 12.2. The monoisotopic (exact) mass is 572 g/mol. The van der Waals surface area contributed by atoms with E-state index in [9.17, 15) is 22.8 Å². The largest absolute Gasteiger partial charge is 0.465 e. The van der Waals surface area contributed by atoms with Crippen molar-refractivity contribution in [1.82, 2.24) is 14.7 Å². The molecule has 0 bridgehead atoms. The molecule has 0 aliphatic carbocycles. The summed E-state index contributed by atoms with van der Waals surface area (Å²) in [6.45, 7) is 4.52. The summed E-state index contributed by atoms with van der Waals surface area (Å²) in [5.41, 5.74) is -2.12. The summed E-state index contributed by atoms with van der Waals surface area (Å²) in [6.07, 6.45) is -3.45. The van der Waals surface area contributed by atoms with Gasteiger partial charge in [0, 0.05) is 29.7 Å². The number of nitrogens with zero attached hydrogens (tertiary/aromatic N) is 3. The van der Waals surface area contributed by atoms with Gasteiger partial charge >= 0.3 is 12.1 Å². The fourth-order valence-electron chi connectivity index (χ4n) is 4.69. The molecule has 1 fully saturated rings. The van der Waals surface area contributed by atoms with E-state index in [0.29, 0.717) is 4.68 Å². The first kappa shape index (κ1) is 27.7. The van der Waals surface area contributed by atoms with Crippen LogP contribution in [0.1, 0.15) is 24.6 Å². The van der Waals surface area contributed by atoms with Crippen LogP contribution >= 0.6 is 23.2 Å². The minimum Gasteiger partial charge on any atom is -0.465 e. The number of alkyl halides is 3. The molecular weight excluding hydrogens is 551 g/mol. The Bertz CT molecular complexity index is 1430. The number of carbonyl (C=O) groups excluding carboxylic acids is 2. The summed E-state index contributed by atoms with van der Waals surface area (Å²) in [6, 6.07) is 6.40.